The van der Waals surface area contributed by atoms with Crippen molar-refractivity contribution >= 4 is 11.8 Å². The monoisotopic (exact) mass is 290 g/mol. The predicted octanol–water partition coefficient (Wildman–Crippen LogP) is 3.20. The number of thioether (sulfide) groups is 1. The molecule has 0 saturated heterocycles. The summed E-state index contributed by atoms with van der Waals surface area (Å²) in [7, 11) is 0. The second kappa shape index (κ2) is 8.07. The Balaban J connectivity index is 1.99. The number of nitrogens with zero attached hydrogens (tertiary/aromatic N) is 2. The van der Waals surface area contributed by atoms with Crippen molar-refractivity contribution in [3.63, 3.8) is 0 Å². The van der Waals surface area contributed by atoms with E-state index in [1.54, 1.807) is 18.1 Å². The quantitative estimate of drug-likeness (QED) is 0.733. The third kappa shape index (κ3) is 4.35. The maximum atomic E-state index is 4.15. The maximum absolute atomic E-state index is 4.15. The van der Waals surface area contributed by atoms with E-state index < -0.39 is 0 Å². The number of rotatable bonds is 8. The Kier molecular flexibility index (Phi) is 6.08. The van der Waals surface area contributed by atoms with Gasteiger partial charge in [-0.2, -0.15) is 5.10 Å². The Labute approximate surface area is 124 Å². The summed E-state index contributed by atoms with van der Waals surface area (Å²) in [6, 6.07) is 9.29. The van der Waals surface area contributed by atoms with Gasteiger partial charge in [-0.1, -0.05) is 56.3 Å². The van der Waals surface area contributed by atoms with Crippen LogP contribution in [-0.2, 0) is 6.42 Å². The van der Waals surface area contributed by atoms with Crippen LogP contribution in [0.4, 0.5) is 0 Å². The van der Waals surface area contributed by atoms with Crippen LogP contribution in [-0.4, -0.2) is 27.5 Å². The van der Waals surface area contributed by atoms with Crippen molar-refractivity contribution < 1.29 is 0 Å². The third-order valence-electron chi connectivity index (χ3n) is 3.15. The lowest BCUT2D eigenvalue weighted by Crippen LogP contribution is -2.23. The van der Waals surface area contributed by atoms with E-state index in [9.17, 15) is 0 Å². The molecule has 1 atom stereocenters. The molecule has 0 fully saturated rings. The van der Waals surface area contributed by atoms with Gasteiger partial charge in [-0.05, 0) is 24.1 Å². The minimum atomic E-state index is 0.339. The second-order valence-corrected chi connectivity index (χ2v) is 5.71. The lowest BCUT2D eigenvalue weighted by Gasteiger charge is -2.17. The van der Waals surface area contributed by atoms with Crippen LogP contribution in [0.2, 0.25) is 0 Å². The van der Waals surface area contributed by atoms with Crippen molar-refractivity contribution in [2.45, 2.75) is 37.9 Å². The SMILES string of the molecule is CCCc1ccc(C(CSc2ncn[nH]2)NCC)cc1. The summed E-state index contributed by atoms with van der Waals surface area (Å²) in [6.07, 6.45) is 3.89. The van der Waals surface area contributed by atoms with Crippen molar-refractivity contribution in [2.75, 3.05) is 12.3 Å². The summed E-state index contributed by atoms with van der Waals surface area (Å²) in [6.45, 7) is 5.30. The summed E-state index contributed by atoms with van der Waals surface area (Å²) in [5, 5.41) is 11.2. The zero-order valence-electron chi connectivity index (χ0n) is 12.1. The van der Waals surface area contributed by atoms with E-state index in [1.807, 2.05) is 0 Å². The molecule has 1 unspecified atom stereocenters. The number of nitrogens with one attached hydrogen (secondary N) is 2. The Morgan fingerprint density at radius 3 is 2.65 bits per heavy atom. The topological polar surface area (TPSA) is 53.6 Å². The van der Waals surface area contributed by atoms with E-state index >= 15 is 0 Å². The number of H-pyrrole nitrogens is 1. The van der Waals surface area contributed by atoms with Crippen LogP contribution in [0, 0.1) is 0 Å². The van der Waals surface area contributed by atoms with Crippen LogP contribution in [0.15, 0.2) is 35.7 Å². The van der Waals surface area contributed by atoms with Crippen molar-refractivity contribution in [3.8, 4) is 0 Å². The molecule has 0 aliphatic carbocycles. The van der Waals surface area contributed by atoms with Gasteiger partial charge in [-0.25, -0.2) is 4.98 Å². The van der Waals surface area contributed by atoms with Crippen LogP contribution >= 0.6 is 11.8 Å². The highest BCUT2D eigenvalue weighted by Crippen LogP contribution is 2.22. The molecule has 5 heteroatoms. The van der Waals surface area contributed by atoms with Crippen molar-refractivity contribution in [3.05, 3.63) is 41.7 Å². The first-order chi connectivity index (χ1) is 9.83. The van der Waals surface area contributed by atoms with E-state index in [2.05, 4.69) is 58.6 Å². The van der Waals surface area contributed by atoms with Gasteiger partial charge >= 0.3 is 0 Å². The van der Waals surface area contributed by atoms with E-state index in [1.165, 1.54) is 17.5 Å². The molecule has 1 heterocycles. The minimum Gasteiger partial charge on any atom is -0.309 e. The fourth-order valence-electron chi connectivity index (χ4n) is 2.15. The van der Waals surface area contributed by atoms with E-state index in [4.69, 9.17) is 0 Å². The number of hydrogen-bond acceptors (Lipinski definition) is 4. The van der Waals surface area contributed by atoms with Crippen LogP contribution in [0.5, 0.6) is 0 Å². The zero-order valence-corrected chi connectivity index (χ0v) is 12.9. The van der Waals surface area contributed by atoms with Gasteiger partial charge in [0.05, 0.1) is 0 Å². The largest absolute Gasteiger partial charge is 0.309 e. The molecule has 2 aromatic rings. The first-order valence-corrected chi connectivity index (χ1v) is 8.12. The predicted molar refractivity (Wildman–Crippen MR) is 84.0 cm³/mol. The molecule has 0 bridgehead atoms. The maximum Gasteiger partial charge on any atom is 0.183 e. The number of aromatic nitrogens is 3. The van der Waals surface area contributed by atoms with Gasteiger partial charge in [0.1, 0.15) is 6.33 Å². The van der Waals surface area contributed by atoms with Crippen LogP contribution < -0.4 is 5.32 Å². The highest BCUT2D eigenvalue weighted by atomic mass is 32.2. The van der Waals surface area contributed by atoms with E-state index in [0.717, 1.165) is 23.9 Å². The molecule has 2 N–H and O–H groups in total. The van der Waals surface area contributed by atoms with Gasteiger partial charge in [-0.3, -0.25) is 5.10 Å². The lowest BCUT2D eigenvalue weighted by molar-refractivity contribution is 0.605. The summed E-state index contributed by atoms with van der Waals surface area (Å²) >= 11 is 1.69. The number of aromatic amines is 1. The van der Waals surface area contributed by atoms with Gasteiger partial charge in [0.25, 0.3) is 0 Å². The summed E-state index contributed by atoms with van der Waals surface area (Å²) < 4.78 is 0. The van der Waals surface area contributed by atoms with Gasteiger partial charge in [-0.15, -0.1) is 0 Å². The third-order valence-corrected chi connectivity index (χ3v) is 4.12. The summed E-state index contributed by atoms with van der Waals surface area (Å²) in [5.41, 5.74) is 2.74. The Bertz CT molecular complexity index is 481. The van der Waals surface area contributed by atoms with E-state index in [0.29, 0.717) is 6.04 Å². The van der Waals surface area contributed by atoms with Gasteiger partial charge in [0.2, 0.25) is 0 Å². The molecule has 0 aliphatic rings. The highest BCUT2D eigenvalue weighted by Gasteiger charge is 2.11. The Morgan fingerprint density at radius 2 is 2.05 bits per heavy atom. The number of aryl methyl sites for hydroxylation is 1. The van der Waals surface area contributed by atoms with E-state index in [-0.39, 0.29) is 0 Å². The van der Waals surface area contributed by atoms with Crippen LogP contribution in [0.3, 0.4) is 0 Å². The summed E-state index contributed by atoms with van der Waals surface area (Å²) in [5.74, 6) is 0.941. The first kappa shape index (κ1) is 15.1. The molecule has 0 amide bonds. The fourth-order valence-corrected chi connectivity index (χ4v) is 3.02. The van der Waals surface area contributed by atoms with Gasteiger partial charge in [0.15, 0.2) is 5.16 Å². The van der Waals surface area contributed by atoms with Gasteiger partial charge in [0, 0.05) is 11.8 Å². The molecule has 108 valence electrons. The summed E-state index contributed by atoms with van der Waals surface area (Å²) in [4.78, 5) is 4.15. The Morgan fingerprint density at radius 1 is 1.25 bits per heavy atom. The number of hydrogen-bond donors (Lipinski definition) is 2. The zero-order chi connectivity index (χ0) is 14.2. The van der Waals surface area contributed by atoms with Crippen molar-refractivity contribution in [1.29, 1.82) is 0 Å². The number of benzene rings is 1. The molecular weight excluding hydrogens is 268 g/mol. The van der Waals surface area contributed by atoms with Crippen LogP contribution in [0.25, 0.3) is 0 Å². The standard InChI is InChI=1S/C15H22N4S/c1-3-5-12-6-8-13(9-7-12)14(16-4-2)10-20-15-17-11-18-19-15/h6-9,11,14,16H,3-5,10H2,1-2H3,(H,17,18,19). The molecule has 0 saturated carbocycles. The second-order valence-electron chi connectivity index (χ2n) is 4.70. The fraction of sp³-hybridized carbons (Fsp3) is 0.467. The first-order valence-electron chi connectivity index (χ1n) is 7.13. The molecule has 1 aromatic carbocycles. The van der Waals surface area contributed by atoms with Gasteiger partial charge < -0.3 is 5.32 Å². The Hall–Kier alpha value is -1.33. The molecule has 1 aromatic heterocycles. The van der Waals surface area contributed by atoms with Crippen molar-refractivity contribution in [1.82, 2.24) is 20.5 Å². The molecule has 2 rings (SSSR count). The molecular formula is C15H22N4S. The highest BCUT2D eigenvalue weighted by molar-refractivity contribution is 7.99. The average Bonchev–Trinajstić information content (AvgIpc) is 2.98. The molecule has 0 spiro atoms. The molecule has 20 heavy (non-hydrogen) atoms. The average molecular weight is 290 g/mol. The molecule has 0 radical (unpaired) electrons. The normalized spacial score (nSPS) is 12.5. The molecule has 4 nitrogen and oxygen atoms in total. The molecule has 0 aliphatic heterocycles. The lowest BCUT2D eigenvalue weighted by atomic mass is 10.0. The smallest absolute Gasteiger partial charge is 0.183 e. The minimum absolute atomic E-state index is 0.339. The van der Waals surface area contributed by atoms with Crippen molar-refractivity contribution in [2.24, 2.45) is 0 Å². The van der Waals surface area contributed by atoms with Crippen LogP contribution in [0.1, 0.15) is 37.4 Å².